The first-order chi connectivity index (χ1) is 14.1. The highest BCUT2D eigenvalue weighted by Crippen LogP contribution is 2.29. The molecule has 8 nitrogen and oxygen atoms in total. The minimum Gasteiger partial charge on any atom is -0.493 e. The molecule has 2 N–H and O–H groups in total. The van der Waals surface area contributed by atoms with Gasteiger partial charge in [0.05, 0.1) is 27.0 Å². The van der Waals surface area contributed by atoms with Gasteiger partial charge in [-0.1, -0.05) is 36.4 Å². The Morgan fingerprint density at radius 3 is 2.48 bits per heavy atom. The lowest BCUT2D eigenvalue weighted by molar-refractivity contribution is -0.123. The number of nitrogens with zero attached hydrogens (tertiary/aromatic N) is 1. The van der Waals surface area contributed by atoms with E-state index in [-0.39, 0.29) is 6.61 Å². The number of para-hydroxylation sites is 1. The summed E-state index contributed by atoms with van der Waals surface area (Å²) in [4.78, 5) is 24.4. The number of methoxy groups -OCH3 is 2. The van der Waals surface area contributed by atoms with Crippen molar-refractivity contribution in [1.29, 1.82) is 0 Å². The highest BCUT2D eigenvalue weighted by Gasteiger charge is 2.21. The van der Waals surface area contributed by atoms with Gasteiger partial charge in [-0.2, -0.15) is 5.10 Å². The number of ether oxygens (including phenoxy) is 3. The number of alkyl carbamates (subject to hydrolysis) is 1. The molecule has 0 aromatic heterocycles. The number of amides is 2. The fourth-order valence-electron chi connectivity index (χ4n) is 2.63. The Morgan fingerprint density at radius 1 is 1.07 bits per heavy atom. The van der Waals surface area contributed by atoms with Gasteiger partial charge >= 0.3 is 6.09 Å². The molecule has 0 saturated heterocycles. The summed E-state index contributed by atoms with van der Waals surface area (Å²) in [7, 11) is 3.06. The van der Waals surface area contributed by atoms with E-state index in [9.17, 15) is 9.59 Å². The van der Waals surface area contributed by atoms with Crippen LogP contribution in [0.5, 0.6) is 11.5 Å². The maximum Gasteiger partial charge on any atom is 0.407 e. The average Bonchev–Trinajstić information content (AvgIpc) is 2.73. The first kappa shape index (κ1) is 21.7. The lowest BCUT2D eigenvalue weighted by atomic mass is 10.1. The molecular formula is C21H25N3O5. The van der Waals surface area contributed by atoms with Crippen molar-refractivity contribution in [2.75, 3.05) is 20.8 Å². The van der Waals surface area contributed by atoms with E-state index >= 15 is 0 Å². The van der Waals surface area contributed by atoms with Crippen molar-refractivity contribution in [3.63, 3.8) is 0 Å². The van der Waals surface area contributed by atoms with E-state index < -0.39 is 18.0 Å². The first-order valence-electron chi connectivity index (χ1n) is 9.10. The Kier molecular flexibility index (Phi) is 8.50. The molecular weight excluding hydrogens is 374 g/mol. The number of carbonyl (C=O) groups excluding carboxylic acids is 2. The summed E-state index contributed by atoms with van der Waals surface area (Å²) in [5, 5.41) is 6.55. The Hall–Kier alpha value is -3.55. The maximum absolute atomic E-state index is 12.6. The monoisotopic (exact) mass is 399 g/mol. The molecule has 0 heterocycles. The van der Waals surface area contributed by atoms with Crippen LogP contribution in [-0.4, -0.2) is 45.1 Å². The lowest BCUT2D eigenvalue weighted by Gasteiger charge is -2.17. The number of rotatable bonds is 9. The van der Waals surface area contributed by atoms with Gasteiger partial charge in [0.2, 0.25) is 0 Å². The van der Waals surface area contributed by atoms with Crippen LogP contribution in [0.1, 0.15) is 18.1 Å². The quantitative estimate of drug-likeness (QED) is 0.499. The van der Waals surface area contributed by atoms with Gasteiger partial charge in [0.15, 0.2) is 11.5 Å². The molecule has 0 aliphatic rings. The normalized spacial score (nSPS) is 11.6. The lowest BCUT2D eigenvalue weighted by Crippen LogP contribution is -2.47. The fourth-order valence-corrected chi connectivity index (χ4v) is 2.63. The van der Waals surface area contributed by atoms with Crippen LogP contribution >= 0.6 is 0 Å². The number of hydrogen-bond donors (Lipinski definition) is 2. The number of carbonyl (C=O) groups is 2. The Bertz CT molecular complexity index is 839. The molecule has 1 atom stereocenters. The number of hydrazone groups is 1. The number of nitrogens with one attached hydrogen (secondary N) is 2. The van der Waals surface area contributed by atoms with Gasteiger partial charge in [0, 0.05) is 12.0 Å². The summed E-state index contributed by atoms with van der Waals surface area (Å²) in [6, 6.07) is 13.8. The molecule has 2 aromatic carbocycles. The molecule has 0 aliphatic carbocycles. The van der Waals surface area contributed by atoms with Crippen LogP contribution < -0.4 is 20.2 Å². The Balaban J connectivity index is 2.10. The zero-order valence-corrected chi connectivity index (χ0v) is 16.7. The average molecular weight is 399 g/mol. The van der Waals surface area contributed by atoms with Crippen LogP contribution in [0.15, 0.2) is 53.6 Å². The molecule has 154 valence electrons. The van der Waals surface area contributed by atoms with E-state index in [1.165, 1.54) is 20.4 Å². The SMILES string of the molecule is CCOC(=O)N[C@H](Cc1ccccc1)C(=O)N/N=C\c1cccc(OC)c1OC. The van der Waals surface area contributed by atoms with Crippen molar-refractivity contribution in [1.82, 2.24) is 10.7 Å². The van der Waals surface area contributed by atoms with E-state index in [0.717, 1.165) is 5.56 Å². The molecule has 2 rings (SSSR count). The van der Waals surface area contributed by atoms with Crippen LogP contribution in [0, 0.1) is 0 Å². The van der Waals surface area contributed by atoms with Crippen LogP contribution in [0.4, 0.5) is 4.79 Å². The van der Waals surface area contributed by atoms with E-state index in [4.69, 9.17) is 14.2 Å². The standard InChI is InChI=1S/C21H25N3O5/c1-4-29-21(26)23-17(13-15-9-6-5-7-10-15)20(25)24-22-14-16-11-8-12-18(27-2)19(16)28-3/h5-12,14,17H,4,13H2,1-3H3,(H,23,26)(H,24,25)/b22-14-/t17-/m1/s1. The molecule has 29 heavy (non-hydrogen) atoms. The molecule has 0 fully saturated rings. The summed E-state index contributed by atoms with van der Waals surface area (Å²) in [5.41, 5.74) is 3.97. The Morgan fingerprint density at radius 2 is 1.83 bits per heavy atom. The van der Waals surface area contributed by atoms with E-state index in [1.54, 1.807) is 25.1 Å². The third-order valence-electron chi connectivity index (χ3n) is 3.98. The first-order valence-corrected chi connectivity index (χ1v) is 9.10. The van der Waals surface area contributed by atoms with Gasteiger partial charge in [-0.15, -0.1) is 0 Å². The second-order valence-electron chi connectivity index (χ2n) is 5.92. The molecule has 8 heteroatoms. The third kappa shape index (κ3) is 6.53. The molecule has 0 bridgehead atoms. The zero-order chi connectivity index (χ0) is 21.1. The van der Waals surface area contributed by atoms with Gasteiger partial charge in [-0.05, 0) is 24.6 Å². The maximum atomic E-state index is 12.6. The highest BCUT2D eigenvalue weighted by molar-refractivity contribution is 5.89. The van der Waals surface area contributed by atoms with Crippen molar-refractivity contribution in [2.45, 2.75) is 19.4 Å². The molecule has 0 unspecified atom stereocenters. The molecule has 0 spiro atoms. The number of hydrogen-bond acceptors (Lipinski definition) is 6. The van der Waals surface area contributed by atoms with Crippen LogP contribution in [0.25, 0.3) is 0 Å². The van der Waals surface area contributed by atoms with Crippen molar-refractivity contribution < 1.29 is 23.8 Å². The summed E-state index contributed by atoms with van der Waals surface area (Å²) in [6.07, 6.45) is 1.08. The summed E-state index contributed by atoms with van der Waals surface area (Å²) < 4.78 is 15.5. The summed E-state index contributed by atoms with van der Waals surface area (Å²) in [5.74, 6) is 0.576. The predicted molar refractivity (Wildman–Crippen MR) is 109 cm³/mol. The predicted octanol–water partition coefficient (Wildman–Crippen LogP) is 2.51. The van der Waals surface area contributed by atoms with Gasteiger partial charge in [0.25, 0.3) is 5.91 Å². The summed E-state index contributed by atoms with van der Waals surface area (Å²) in [6.45, 7) is 1.90. The van der Waals surface area contributed by atoms with Gasteiger partial charge in [-0.25, -0.2) is 10.2 Å². The number of benzene rings is 2. The van der Waals surface area contributed by atoms with Crippen molar-refractivity contribution in [2.24, 2.45) is 5.10 Å². The topological polar surface area (TPSA) is 98.2 Å². The second kappa shape index (κ2) is 11.3. The molecule has 0 aliphatic heterocycles. The van der Waals surface area contributed by atoms with Crippen LogP contribution in [0.3, 0.4) is 0 Å². The van der Waals surface area contributed by atoms with E-state index in [2.05, 4.69) is 15.8 Å². The molecule has 2 aromatic rings. The van der Waals surface area contributed by atoms with E-state index in [1.807, 2.05) is 30.3 Å². The van der Waals surface area contributed by atoms with Gasteiger partial charge < -0.3 is 19.5 Å². The van der Waals surface area contributed by atoms with Crippen LogP contribution in [-0.2, 0) is 16.0 Å². The fraction of sp³-hybridized carbons (Fsp3) is 0.286. The zero-order valence-electron chi connectivity index (χ0n) is 16.7. The molecule has 2 amide bonds. The van der Waals surface area contributed by atoms with Crippen molar-refractivity contribution in [3.05, 3.63) is 59.7 Å². The second-order valence-corrected chi connectivity index (χ2v) is 5.92. The van der Waals surface area contributed by atoms with Gasteiger partial charge in [-0.3, -0.25) is 4.79 Å². The molecule has 0 radical (unpaired) electrons. The smallest absolute Gasteiger partial charge is 0.407 e. The van der Waals surface area contributed by atoms with Crippen LogP contribution in [0.2, 0.25) is 0 Å². The van der Waals surface area contributed by atoms with E-state index in [0.29, 0.717) is 23.5 Å². The minimum absolute atomic E-state index is 0.208. The molecule has 0 saturated carbocycles. The minimum atomic E-state index is -0.846. The van der Waals surface area contributed by atoms with Gasteiger partial charge in [0.1, 0.15) is 6.04 Å². The largest absolute Gasteiger partial charge is 0.493 e. The Labute approximate surface area is 169 Å². The third-order valence-corrected chi connectivity index (χ3v) is 3.98. The van der Waals surface area contributed by atoms with Crippen molar-refractivity contribution in [3.8, 4) is 11.5 Å². The summed E-state index contributed by atoms with van der Waals surface area (Å²) >= 11 is 0. The highest BCUT2D eigenvalue weighted by atomic mass is 16.5. The van der Waals surface area contributed by atoms with Crippen molar-refractivity contribution >= 4 is 18.2 Å².